The Kier molecular flexibility index (Phi) is 7.29. The molecule has 4 rings (SSSR count). The van der Waals surface area contributed by atoms with Crippen LogP contribution in [0.3, 0.4) is 0 Å². The SMILES string of the molecule is Cc1ccc(-c2nn(CC3CCC(COCC(=O)O)CC3)c(=O)cc2-c2ccccc2)cn1. The summed E-state index contributed by atoms with van der Waals surface area (Å²) in [6.45, 7) is 2.75. The van der Waals surface area contributed by atoms with Gasteiger partial charge < -0.3 is 9.84 Å². The number of aromatic nitrogens is 3. The molecule has 0 saturated heterocycles. The zero-order valence-electron chi connectivity index (χ0n) is 18.8. The van der Waals surface area contributed by atoms with E-state index in [2.05, 4.69) is 4.98 Å². The molecule has 7 heteroatoms. The van der Waals surface area contributed by atoms with Crippen LogP contribution in [0.1, 0.15) is 31.4 Å². The van der Waals surface area contributed by atoms with E-state index in [-0.39, 0.29) is 12.2 Å². The maximum Gasteiger partial charge on any atom is 0.329 e. The number of carbonyl (C=O) groups is 1. The normalized spacial score (nSPS) is 18.2. The molecule has 0 atom stereocenters. The highest BCUT2D eigenvalue weighted by Crippen LogP contribution is 2.31. The van der Waals surface area contributed by atoms with E-state index >= 15 is 0 Å². The van der Waals surface area contributed by atoms with Crippen molar-refractivity contribution in [3.63, 3.8) is 0 Å². The van der Waals surface area contributed by atoms with Crippen molar-refractivity contribution < 1.29 is 14.6 Å². The van der Waals surface area contributed by atoms with E-state index in [9.17, 15) is 9.59 Å². The van der Waals surface area contributed by atoms with Crippen molar-refractivity contribution in [3.8, 4) is 22.4 Å². The number of benzene rings is 1. The molecule has 1 saturated carbocycles. The molecule has 1 aliphatic carbocycles. The van der Waals surface area contributed by atoms with Crippen LogP contribution in [0.5, 0.6) is 0 Å². The van der Waals surface area contributed by atoms with Crippen molar-refractivity contribution in [2.75, 3.05) is 13.2 Å². The molecule has 3 aromatic rings. The Morgan fingerprint density at radius 3 is 2.45 bits per heavy atom. The van der Waals surface area contributed by atoms with Crippen LogP contribution in [0.15, 0.2) is 59.5 Å². The lowest BCUT2D eigenvalue weighted by Crippen LogP contribution is -2.29. The number of pyridine rings is 1. The summed E-state index contributed by atoms with van der Waals surface area (Å²) in [6, 6.07) is 15.5. The Balaban J connectivity index is 1.54. The number of hydrogen-bond acceptors (Lipinski definition) is 5. The summed E-state index contributed by atoms with van der Waals surface area (Å²) in [5, 5.41) is 13.5. The molecule has 1 fully saturated rings. The zero-order chi connectivity index (χ0) is 23.2. The monoisotopic (exact) mass is 447 g/mol. The summed E-state index contributed by atoms with van der Waals surface area (Å²) >= 11 is 0. The molecule has 0 unspecified atom stereocenters. The molecular formula is C26H29N3O4. The molecule has 0 aliphatic heterocycles. The molecule has 7 nitrogen and oxygen atoms in total. The molecule has 1 aromatic carbocycles. The minimum Gasteiger partial charge on any atom is -0.480 e. The summed E-state index contributed by atoms with van der Waals surface area (Å²) in [5.74, 6) is -0.204. The van der Waals surface area contributed by atoms with Gasteiger partial charge in [0.05, 0.1) is 6.61 Å². The van der Waals surface area contributed by atoms with Crippen LogP contribution in [0.4, 0.5) is 0 Å². The molecular weight excluding hydrogens is 418 g/mol. The third kappa shape index (κ3) is 5.93. The Morgan fingerprint density at radius 1 is 1.06 bits per heavy atom. The highest BCUT2D eigenvalue weighted by atomic mass is 16.5. The predicted octanol–water partition coefficient (Wildman–Crippen LogP) is 4.19. The van der Waals surface area contributed by atoms with E-state index in [0.29, 0.717) is 25.0 Å². The minimum atomic E-state index is -0.937. The van der Waals surface area contributed by atoms with Gasteiger partial charge in [0.2, 0.25) is 0 Å². The zero-order valence-corrected chi connectivity index (χ0v) is 18.8. The molecule has 2 heterocycles. The lowest BCUT2D eigenvalue weighted by Gasteiger charge is -2.28. The van der Waals surface area contributed by atoms with Gasteiger partial charge in [-0.15, -0.1) is 0 Å². The van der Waals surface area contributed by atoms with Gasteiger partial charge in [-0.05, 0) is 62.1 Å². The van der Waals surface area contributed by atoms with Crippen LogP contribution in [0, 0.1) is 18.8 Å². The number of nitrogens with zero attached hydrogens (tertiary/aromatic N) is 3. The Hall–Kier alpha value is -3.32. The van der Waals surface area contributed by atoms with Gasteiger partial charge in [0.1, 0.15) is 12.3 Å². The molecule has 172 valence electrons. The lowest BCUT2D eigenvalue weighted by atomic mass is 9.82. The average Bonchev–Trinajstić information content (AvgIpc) is 2.82. The van der Waals surface area contributed by atoms with Crippen molar-refractivity contribution in [2.45, 2.75) is 39.2 Å². The molecule has 0 bridgehead atoms. The molecule has 33 heavy (non-hydrogen) atoms. The first kappa shape index (κ1) is 22.9. The first-order valence-corrected chi connectivity index (χ1v) is 11.4. The highest BCUT2D eigenvalue weighted by Gasteiger charge is 2.23. The summed E-state index contributed by atoms with van der Waals surface area (Å²) in [6.07, 6.45) is 5.68. The van der Waals surface area contributed by atoms with Crippen LogP contribution >= 0.6 is 0 Å². The van der Waals surface area contributed by atoms with Gasteiger partial charge in [-0.3, -0.25) is 9.78 Å². The van der Waals surface area contributed by atoms with Crippen molar-refractivity contribution in [2.24, 2.45) is 11.8 Å². The number of aryl methyl sites for hydroxylation is 1. The van der Waals surface area contributed by atoms with E-state index in [1.807, 2.05) is 49.4 Å². The quantitative estimate of drug-likeness (QED) is 0.556. The molecule has 0 amide bonds. The smallest absolute Gasteiger partial charge is 0.329 e. The van der Waals surface area contributed by atoms with Gasteiger partial charge in [-0.1, -0.05) is 30.3 Å². The minimum absolute atomic E-state index is 0.107. The van der Waals surface area contributed by atoms with Gasteiger partial charge in [0, 0.05) is 35.6 Å². The molecule has 0 radical (unpaired) electrons. The van der Waals surface area contributed by atoms with E-state index in [1.165, 1.54) is 0 Å². The maximum absolute atomic E-state index is 13.0. The fraction of sp³-hybridized carbons (Fsp3) is 0.385. The Morgan fingerprint density at radius 2 is 1.79 bits per heavy atom. The third-order valence-electron chi connectivity index (χ3n) is 6.24. The van der Waals surface area contributed by atoms with Gasteiger partial charge >= 0.3 is 5.97 Å². The summed E-state index contributed by atoms with van der Waals surface area (Å²) in [4.78, 5) is 28.1. The summed E-state index contributed by atoms with van der Waals surface area (Å²) < 4.78 is 6.85. The summed E-state index contributed by atoms with van der Waals surface area (Å²) in [7, 11) is 0. The molecule has 2 aromatic heterocycles. The average molecular weight is 448 g/mol. The van der Waals surface area contributed by atoms with Gasteiger partial charge in [0.25, 0.3) is 5.56 Å². The lowest BCUT2D eigenvalue weighted by molar-refractivity contribution is -0.142. The molecule has 1 aliphatic rings. The second-order valence-corrected chi connectivity index (χ2v) is 8.78. The van der Waals surface area contributed by atoms with E-state index < -0.39 is 5.97 Å². The number of carboxylic acids is 1. The Labute approximate surface area is 193 Å². The third-order valence-corrected chi connectivity index (χ3v) is 6.24. The number of rotatable bonds is 8. The standard InChI is InChI=1S/C26H29N3O4/c1-18-7-12-22(14-27-18)26-23(21-5-3-2-4-6-21)13-24(30)29(28-26)15-19-8-10-20(11-9-19)16-33-17-25(31)32/h2-7,12-14,19-20H,8-11,15-17H2,1H3,(H,31,32). The molecule has 1 N–H and O–H groups in total. The first-order chi connectivity index (χ1) is 16.0. The molecule has 0 spiro atoms. The number of carboxylic acid groups (broad SMARTS) is 1. The van der Waals surface area contributed by atoms with Crippen LogP contribution in [0.2, 0.25) is 0 Å². The second kappa shape index (κ2) is 10.5. The van der Waals surface area contributed by atoms with E-state index in [1.54, 1.807) is 16.9 Å². The fourth-order valence-corrected chi connectivity index (χ4v) is 4.42. The number of hydrogen-bond donors (Lipinski definition) is 1. The van der Waals surface area contributed by atoms with Crippen molar-refractivity contribution >= 4 is 5.97 Å². The van der Waals surface area contributed by atoms with Crippen LogP contribution < -0.4 is 5.56 Å². The predicted molar refractivity (Wildman–Crippen MR) is 126 cm³/mol. The van der Waals surface area contributed by atoms with Crippen molar-refractivity contribution in [1.29, 1.82) is 0 Å². The van der Waals surface area contributed by atoms with Crippen molar-refractivity contribution in [3.05, 3.63) is 70.8 Å². The summed E-state index contributed by atoms with van der Waals surface area (Å²) in [5.41, 5.74) is 4.21. The first-order valence-electron chi connectivity index (χ1n) is 11.4. The topological polar surface area (TPSA) is 94.3 Å². The van der Waals surface area contributed by atoms with E-state index in [4.69, 9.17) is 14.9 Å². The van der Waals surface area contributed by atoms with Gasteiger partial charge in [0.15, 0.2) is 0 Å². The largest absolute Gasteiger partial charge is 0.480 e. The second-order valence-electron chi connectivity index (χ2n) is 8.78. The van der Waals surface area contributed by atoms with Crippen LogP contribution in [-0.4, -0.2) is 39.1 Å². The highest BCUT2D eigenvalue weighted by molar-refractivity contribution is 5.79. The van der Waals surface area contributed by atoms with Gasteiger partial charge in [-0.2, -0.15) is 5.10 Å². The maximum atomic E-state index is 13.0. The number of aliphatic carboxylic acids is 1. The fourth-order valence-electron chi connectivity index (χ4n) is 4.42. The Bertz CT molecular complexity index is 1130. The van der Waals surface area contributed by atoms with Crippen molar-refractivity contribution in [1.82, 2.24) is 14.8 Å². The van der Waals surface area contributed by atoms with E-state index in [0.717, 1.165) is 53.8 Å². The van der Waals surface area contributed by atoms with Crippen LogP contribution in [0.25, 0.3) is 22.4 Å². The van der Waals surface area contributed by atoms with Gasteiger partial charge in [-0.25, -0.2) is 9.48 Å². The number of ether oxygens (including phenoxy) is 1. The van der Waals surface area contributed by atoms with Crippen LogP contribution in [-0.2, 0) is 16.1 Å².